The van der Waals surface area contributed by atoms with E-state index in [1.54, 1.807) is 0 Å². The molecule has 1 amide bonds. The molecule has 21 heavy (non-hydrogen) atoms. The summed E-state index contributed by atoms with van der Waals surface area (Å²) in [6.45, 7) is -0.454. The Hall–Kier alpha value is -3.08. The number of ether oxygens (including phenoxy) is 2. The smallest absolute Gasteiger partial charge is 0.315 e. The number of nitrogens with zero attached hydrogens (tertiary/aromatic N) is 1. The average molecular weight is 292 g/mol. The van der Waals surface area contributed by atoms with E-state index in [1.807, 2.05) is 0 Å². The molecule has 110 valence electrons. The van der Waals surface area contributed by atoms with Crippen LogP contribution in [0.25, 0.3) is 0 Å². The van der Waals surface area contributed by atoms with Gasteiger partial charge in [-0.05, 0) is 6.07 Å². The largest absolute Gasteiger partial charge is 0.493 e. The van der Waals surface area contributed by atoms with Gasteiger partial charge in [-0.3, -0.25) is 19.7 Å². The molecule has 1 N–H and O–H groups in total. The van der Waals surface area contributed by atoms with Gasteiger partial charge >= 0.3 is 5.69 Å². The number of carbonyl (C=O) groups excluding carboxylic acids is 2. The third kappa shape index (κ3) is 4.21. The monoisotopic (exact) mass is 292 g/mol. The summed E-state index contributed by atoms with van der Waals surface area (Å²) in [5.74, 6) is 1.42. The van der Waals surface area contributed by atoms with Gasteiger partial charge in [-0.1, -0.05) is 5.92 Å². The van der Waals surface area contributed by atoms with Crippen molar-refractivity contribution in [3.63, 3.8) is 0 Å². The summed E-state index contributed by atoms with van der Waals surface area (Å²) in [5.41, 5.74) is -0.413. The maximum Gasteiger partial charge on any atom is 0.315 e. The molecule has 0 saturated heterocycles. The summed E-state index contributed by atoms with van der Waals surface area (Å²) in [6, 6.07) is 2.30. The first-order valence-electron chi connectivity index (χ1n) is 5.68. The van der Waals surface area contributed by atoms with Gasteiger partial charge in [0.15, 0.2) is 12.4 Å². The third-order valence-electron chi connectivity index (χ3n) is 2.35. The number of nitrogens with one attached hydrogen (secondary N) is 1. The molecule has 1 rings (SSSR count). The molecule has 0 atom stereocenters. The number of methoxy groups -OCH3 is 1. The number of amides is 1. The molecule has 0 heterocycles. The lowest BCUT2D eigenvalue weighted by atomic mass is 10.2. The molecule has 0 aliphatic carbocycles. The molecule has 0 spiro atoms. The molecular weight excluding hydrogens is 280 g/mol. The van der Waals surface area contributed by atoms with E-state index in [-0.39, 0.29) is 23.6 Å². The van der Waals surface area contributed by atoms with E-state index in [0.29, 0.717) is 6.29 Å². The van der Waals surface area contributed by atoms with Crippen molar-refractivity contribution in [2.75, 3.05) is 20.3 Å². The molecule has 0 saturated carbocycles. The predicted octanol–water partition coefficient (Wildman–Crippen LogP) is 0.544. The zero-order valence-electron chi connectivity index (χ0n) is 11.1. The van der Waals surface area contributed by atoms with Crippen molar-refractivity contribution < 1.29 is 24.0 Å². The van der Waals surface area contributed by atoms with Crippen LogP contribution in [-0.2, 0) is 4.79 Å². The summed E-state index contributed by atoms with van der Waals surface area (Å²) in [7, 11) is 1.26. The van der Waals surface area contributed by atoms with Gasteiger partial charge in [0, 0.05) is 11.6 Å². The lowest BCUT2D eigenvalue weighted by molar-refractivity contribution is -0.385. The molecule has 0 unspecified atom stereocenters. The maximum atomic E-state index is 11.4. The Labute approximate surface area is 120 Å². The van der Waals surface area contributed by atoms with Crippen LogP contribution in [0.3, 0.4) is 0 Å². The van der Waals surface area contributed by atoms with E-state index < -0.39 is 23.1 Å². The quantitative estimate of drug-likeness (QED) is 0.340. The van der Waals surface area contributed by atoms with E-state index in [1.165, 1.54) is 13.2 Å². The number of nitro groups is 1. The molecule has 0 aliphatic rings. The Morgan fingerprint density at radius 2 is 2.29 bits per heavy atom. The van der Waals surface area contributed by atoms with Crippen LogP contribution in [-0.4, -0.2) is 37.4 Å². The Morgan fingerprint density at radius 3 is 2.81 bits per heavy atom. The van der Waals surface area contributed by atoms with Crippen molar-refractivity contribution in [3.8, 4) is 23.8 Å². The highest BCUT2D eigenvalue weighted by molar-refractivity contribution is 5.80. The van der Waals surface area contributed by atoms with Crippen molar-refractivity contribution in [2.24, 2.45) is 0 Å². The Morgan fingerprint density at radius 1 is 1.57 bits per heavy atom. The van der Waals surface area contributed by atoms with E-state index in [0.717, 1.165) is 6.07 Å². The Kier molecular flexibility index (Phi) is 5.70. The second-order valence-corrected chi connectivity index (χ2v) is 3.72. The van der Waals surface area contributed by atoms with Crippen molar-refractivity contribution in [1.82, 2.24) is 5.32 Å². The van der Waals surface area contributed by atoms with Crippen LogP contribution in [0.5, 0.6) is 11.5 Å². The minimum absolute atomic E-state index is 0.0175. The van der Waals surface area contributed by atoms with Crippen LogP contribution < -0.4 is 14.8 Å². The number of terminal acetylenes is 1. The summed E-state index contributed by atoms with van der Waals surface area (Å²) in [5, 5.41) is 13.3. The zero-order valence-corrected chi connectivity index (χ0v) is 11.1. The van der Waals surface area contributed by atoms with Crippen molar-refractivity contribution >= 4 is 17.9 Å². The molecule has 0 aromatic heterocycles. The summed E-state index contributed by atoms with van der Waals surface area (Å²) in [6.07, 6.45) is 5.42. The van der Waals surface area contributed by atoms with Crippen molar-refractivity contribution in [2.45, 2.75) is 0 Å². The third-order valence-corrected chi connectivity index (χ3v) is 2.35. The number of aldehydes is 1. The van der Waals surface area contributed by atoms with E-state index >= 15 is 0 Å². The first-order valence-corrected chi connectivity index (χ1v) is 5.68. The first kappa shape index (κ1) is 16.0. The van der Waals surface area contributed by atoms with Crippen molar-refractivity contribution in [1.29, 1.82) is 0 Å². The molecule has 8 nitrogen and oxygen atoms in total. The minimum Gasteiger partial charge on any atom is -0.493 e. The highest BCUT2D eigenvalue weighted by Crippen LogP contribution is 2.37. The first-order chi connectivity index (χ1) is 10.0. The number of carbonyl (C=O) groups is 2. The fraction of sp³-hybridized carbons (Fsp3) is 0.231. The van der Waals surface area contributed by atoms with Crippen molar-refractivity contribution in [3.05, 3.63) is 27.8 Å². The van der Waals surface area contributed by atoms with Crippen LogP contribution >= 0.6 is 0 Å². The van der Waals surface area contributed by atoms with Gasteiger partial charge in [0.2, 0.25) is 5.75 Å². The lowest BCUT2D eigenvalue weighted by Gasteiger charge is -2.11. The van der Waals surface area contributed by atoms with Gasteiger partial charge < -0.3 is 14.8 Å². The molecule has 1 aromatic carbocycles. The lowest BCUT2D eigenvalue weighted by Crippen LogP contribution is -2.29. The zero-order chi connectivity index (χ0) is 15.8. The number of rotatable bonds is 7. The summed E-state index contributed by atoms with van der Waals surface area (Å²) in [4.78, 5) is 32.4. The standard InChI is InChI=1S/C13H12N2O6/c1-3-4-14-12(17)8-21-13-10(15(18)19)5-9(7-16)6-11(13)20-2/h1,5-7H,4,8H2,2H3,(H,14,17). The minimum atomic E-state index is -0.732. The van der Waals surface area contributed by atoms with Gasteiger partial charge in [-0.2, -0.15) is 0 Å². The van der Waals surface area contributed by atoms with Crippen LogP contribution in [0.4, 0.5) is 5.69 Å². The van der Waals surface area contributed by atoms with Crippen LogP contribution in [0, 0.1) is 22.5 Å². The summed E-state index contributed by atoms with van der Waals surface area (Å²) >= 11 is 0. The SMILES string of the molecule is C#CCNC(=O)COc1c(OC)cc(C=O)cc1[N+](=O)[O-]. The molecule has 0 radical (unpaired) electrons. The Balaban J connectivity index is 3.04. The second-order valence-electron chi connectivity index (χ2n) is 3.72. The number of nitro benzene ring substituents is 1. The fourth-order valence-electron chi connectivity index (χ4n) is 1.45. The van der Waals surface area contributed by atoms with E-state index in [2.05, 4.69) is 11.2 Å². The molecule has 0 aliphatic heterocycles. The maximum absolute atomic E-state index is 11.4. The number of benzene rings is 1. The van der Waals surface area contributed by atoms with E-state index in [4.69, 9.17) is 15.9 Å². The topological polar surface area (TPSA) is 108 Å². The molecule has 0 fully saturated rings. The molecule has 8 heteroatoms. The molecular formula is C13H12N2O6. The van der Waals surface area contributed by atoms with Gasteiger partial charge in [0.1, 0.15) is 6.29 Å². The normalized spacial score (nSPS) is 9.33. The highest BCUT2D eigenvalue weighted by Gasteiger charge is 2.23. The fourth-order valence-corrected chi connectivity index (χ4v) is 1.45. The van der Waals surface area contributed by atoms with Gasteiger partial charge in [0.25, 0.3) is 5.91 Å². The molecule has 0 bridgehead atoms. The van der Waals surface area contributed by atoms with E-state index in [9.17, 15) is 19.7 Å². The number of hydrogen-bond donors (Lipinski definition) is 1. The Bertz CT molecular complexity index is 605. The molecule has 1 aromatic rings. The van der Waals surface area contributed by atoms with Crippen LogP contribution in [0.2, 0.25) is 0 Å². The van der Waals surface area contributed by atoms with Gasteiger partial charge in [-0.15, -0.1) is 6.42 Å². The van der Waals surface area contributed by atoms with Gasteiger partial charge in [-0.25, -0.2) is 0 Å². The second kappa shape index (κ2) is 7.49. The predicted molar refractivity (Wildman–Crippen MR) is 72.4 cm³/mol. The summed E-state index contributed by atoms with van der Waals surface area (Å²) < 4.78 is 10.1. The number of hydrogen-bond acceptors (Lipinski definition) is 6. The van der Waals surface area contributed by atoms with Crippen LogP contribution in [0.1, 0.15) is 10.4 Å². The van der Waals surface area contributed by atoms with Gasteiger partial charge in [0.05, 0.1) is 18.6 Å². The average Bonchev–Trinajstić information content (AvgIpc) is 2.49. The van der Waals surface area contributed by atoms with Crippen LogP contribution in [0.15, 0.2) is 12.1 Å². The highest BCUT2D eigenvalue weighted by atomic mass is 16.6.